The molecule has 14 heavy (non-hydrogen) atoms. The van der Waals surface area contributed by atoms with Crippen LogP contribution in [0.2, 0.25) is 0 Å². The summed E-state index contributed by atoms with van der Waals surface area (Å²) in [4.78, 5) is 10.8. The molecule has 0 heterocycles. The SMILES string of the molecule is CCOC1(OCC)CCC1OC(C)=O. The summed E-state index contributed by atoms with van der Waals surface area (Å²) >= 11 is 0. The summed E-state index contributed by atoms with van der Waals surface area (Å²) < 4.78 is 16.2. The molecule has 1 saturated carbocycles. The van der Waals surface area contributed by atoms with E-state index in [4.69, 9.17) is 14.2 Å². The van der Waals surface area contributed by atoms with Crippen molar-refractivity contribution < 1.29 is 19.0 Å². The van der Waals surface area contributed by atoms with Crippen LogP contribution < -0.4 is 0 Å². The van der Waals surface area contributed by atoms with E-state index in [2.05, 4.69) is 0 Å². The predicted molar refractivity (Wildman–Crippen MR) is 50.8 cm³/mol. The highest BCUT2D eigenvalue weighted by atomic mass is 16.7. The molecule has 0 saturated heterocycles. The number of hydrogen-bond donors (Lipinski definition) is 0. The quantitative estimate of drug-likeness (QED) is 0.500. The van der Waals surface area contributed by atoms with Crippen LogP contribution in [-0.2, 0) is 19.0 Å². The van der Waals surface area contributed by atoms with E-state index < -0.39 is 5.79 Å². The van der Waals surface area contributed by atoms with Crippen LogP contribution >= 0.6 is 0 Å². The Morgan fingerprint density at radius 3 is 2.21 bits per heavy atom. The van der Waals surface area contributed by atoms with Crippen molar-refractivity contribution in [2.45, 2.75) is 45.5 Å². The molecule has 4 heteroatoms. The van der Waals surface area contributed by atoms with Crippen molar-refractivity contribution in [1.82, 2.24) is 0 Å². The van der Waals surface area contributed by atoms with E-state index >= 15 is 0 Å². The van der Waals surface area contributed by atoms with Crippen LogP contribution in [0.4, 0.5) is 0 Å². The van der Waals surface area contributed by atoms with Crippen molar-refractivity contribution in [1.29, 1.82) is 0 Å². The normalized spacial score (nSPS) is 24.1. The summed E-state index contributed by atoms with van der Waals surface area (Å²) in [6.45, 7) is 6.35. The van der Waals surface area contributed by atoms with Gasteiger partial charge in [-0.05, 0) is 20.3 Å². The van der Waals surface area contributed by atoms with Gasteiger partial charge in [0.05, 0.1) is 0 Å². The van der Waals surface area contributed by atoms with Crippen LogP contribution in [0.25, 0.3) is 0 Å². The van der Waals surface area contributed by atoms with Crippen LogP contribution in [0.3, 0.4) is 0 Å². The zero-order valence-corrected chi connectivity index (χ0v) is 9.04. The van der Waals surface area contributed by atoms with Gasteiger partial charge in [-0.2, -0.15) is 0 Å². The number of carbonyl (C=O) groups is 1. The fourth-order valence-electron chi connectivity index (χ4n) is 1.71. The molecule has 1 fully saturated rings. The average Bonchev–Trinajstić information content (AvgIpc) is 2.12. The van der Waals surface area contributed by atoms with Gasteiger partial charge in [0.15, 0.2) is 6.10 Å². The van der Waals surface area contributed by atoms with Crippen molar-refractivity contribution in [3.8, 4) is 0 Å². The first-order valence-electron chi connectivity index (χ1n) is 5.09. The molecule has 0 N–H and O–H groups in total. The van der Waals surface area contributed by atoms with Gasteiger partial charge in [-0.15, -0.1) is 0 Å². The lowest BCUT2D eigenvalue weighted by atomic mass is 9.87. The van der Waals surface area contributed by atoms with Crippen molar-refractivity contribution >= 4 is 5.97 Å². The number of rotatable bonds is 5. The summed E-state index contributed by atoms with van der Waals surface area (Å²) in [5.41, 5.74) is 0. The van der Waals surface area contributed by atoms with E-state index in [1.54, 1.807) is 0 Å². The lowest BCUT2D eigenvalue weighted by Gasteiger charge is -2.46. The number of hydrogen-bond acceptors (Lipinski definition) is 4. The third-order valence-corrected chi connectivity index (χ3v) is 2.33. The monoisotopic (exact) mass is 202 g/mol. The second-order valence-electron chi connectivity index (χ2n) is 3.31. The third kappa shape index (κ3) is 2.25. The topological polar surface area (TPSA) is 44.8 Å². The van der Waals surface area contributed by atoms with Crippen molar-refractivity contribution in [2.24, 2.45) is 0 Å². The molecule has 0 bridgehead atoms. The second kappa shape index (κ2) is 4.75. The highest BCUT2D eigenvalue weighted by molar-refractivity contribution is 5.66. The smallest absolute Gasteiger partial charge is 0.303 e. The predicted octanol–water partition coefficient (Wildman–Crippen LogP) is 1.48. The molecular formula is C10H18O4. The molecule has 1 rings (SSSR count). The Kier molecular flexibility index (Phi) is 3.89. The van der Waals surface area contributed by atoms with Crippen LogP contribution in [0.5, 0.6) is 0 Å². The van der Waals surface area contributed by atoms with Crippen molar-refractivity contribution in [3.63, 3.8) is 0 Å². The van der Waals surface area contributed by atoms with E-state index in [9.17, 15) is 4.79 Å². The zero-order valence-electron chi connectivity index (χ0n) is 9.04. The van der Waals surface area contributed by atoms with E-state index in [0.717, 1.165) is 12.8 Å². The lowest BCUT2D eigenvalue weighted by Crippen LogP contribution is -2.57. The Labute approximate surface area is 84.5 Å². The van der Waals surface area contributed by atoms with Crippen molar-refractivity contribution in [2.75, 3.05) is 13.2 Å². The summed E-state index contributed by atoms with van der Waals surface area (Å²) in [6, 6.07) is 0. The largest absolute Gasteiger partial charge is 0.457 e. The molecule has 1 aliphatic carbocycles. The van der Waals surface area contributed by atoms with Crippen LogP contribution in [-0.4, -0.2) is 31.1 Å². The Morgan fingerprint density at radius 1 is 1.36 bits per heavy atom. The molecule has 0 aromatic carbocycles. The van der Waals surface area contributed by atoms with E-state index in [1.165, 1.54) is 6.92 Å². The molecule has 1 aliphatic rings. The molecule has 0 aromatic heterocycles. The average molecular weight is 202 g/mol. The molecule has 0 spiro atoms. The van der Waals surface area contributed by atoms with E-state index in [-0.39, 0.29) is 12.1 Å². The van der Waals surface area contributed by atoms with Gasteiger partial charge in [0.1, 0.15) is 0 Å². The highest BCUT2D eigenvalue weighted by Gasteiger charge is 2.51. The fourth-order valence-corrected chi connectivity index (χ4v) is 1.71. The van der Waals surface area contributed by atoms with Crippen LogP contribution in [0, 0.1) is 0 Å². The molecule has 0 aromatic rings. The minimum Gasteiger partial charge on any atom is -0.457 e. The lowest BCUT2D eigenvalue weighted by molar-refractivity contribution is -0.326. The molecular weight excluding hydrogens is 184 g/mol. The first-order chi connectivity index (χ1) is 6.64. The molecule has 0 aliphatic heterocycles. The van der Waals surface area contributed by atoms with Gasteiger partial charge in [0, 0.05) is 26.6 Å². The minimum absolute atomic E-state index is 0.236. The molecule has 0 amide bonds. The first kappa shape index (κ1) is 11.5. The maximum absolute atomic E-state index is 10.8. The van der Waals surface area contributed by atoms with Crippen molar-refractivity contribution in [3.05, 3.63) is 0 Å². The Morgan fingerprint density at radius 2 is 1.93 bits per heavy atom. The number of carbonyl (C=O) groups excluding carboxylic acids is 1. The summed E-state index contributed by atoms with van der Waals surface area (Å²) in [5, 5.41) is 0. The van der Waals surface area contributed by atoms with Crippen LogP contribution in [0.15, 0.2) is 0 Å². The Balaban J connectivity index is 2.54. The maximum Gasteiger partial charge on any atom is 0.303 e. The molecule has 82 valence electrons. The fraction of sp³-hybridized carbons (Fsp3) is 0.900. The summed E-state index contributed by atoms with van der Waals surface area (Å²) in [7, 11) is 0. The minimum atomic E-state index is -0.671. The van der Waals surface area contributed by atoms with Gasteiger partial charge < -0.3 is 14.2 Å². The van der Waals surface area contributed by atoms with E-state index in [0.29, 0.717) is 13.2 Å². The van der Waals surface area contributed by atoms with E-state index in [1.807, 2.05) is 13.8 Å². The van der Waals surface area contributed by atoms with Gasteiger partial charge >= 0.3 is 5.97 Å². The summed E-state index contributed by atoms with van der Waals surface area (Å²) in [5.74, 6) is -0.951. The van der Waals surface area contributed by atoms with Crippen LogP contribution in [0.1, 0.15) is 33.6 Å². The Hall–Kier alpha value is -0.610. The van der Waals surface area contributed by atoms with Gasteiger partial charge in [-0.1, -0.05) is 0 Å². The van der Waals surface area contributed by atoms with Gasteiger partial charge in [0.2, 0.25) is 5.79 Å². The molecule has 4 nitrogen and oxygen atoms in total. The molecule has 0 radical (unpaired) electrons. The zero-order chi connectivity index (χ0) is 10.6. The summed E-state index contributed by atoms with van der Waals surface area (Å²) in [6.07, 6.45) is 1.38. The second-order valence-corrected chi connectivity index (χ2v) is 3.31. The highest BCUT2D eigenvalue weighted by Crippen LogP contribution is 2.39. The maximum atomic E-state index is 10.8. The van der Waals surface area contributed by atoms with Gasteiger partial charge in [-0.25, -0.2) is 0 Å². The third-order valence-electron chi connectivity index (χ3n) is 2.33. The molecule has 1 atom stereocenters. The number of ether oxygens (including phenoxy) is 3. The Bertz CT molecular complexity index is 196. The number of esters is 1. The first-order valence-corrected chi connectivity index (χ1v) is 5.09. The van der Waals surface area contributed by atoms with Gasteiger partial charge in [0.25, 0.3) is 0 Å². The molecule has 1 unspecified atom stereocenters. The van der Waals surface area contributed by atoms with Gasteiger partial charge in [-0.3, -0.25) is 4.79 Å². The standard InChI is InChI=1S/C10H18O4/c1-4-12-10(13-5-2)7-6-9(10)14-8(3)11/h9H,4-7H2,1-3H3.